The number of ether oxygens (including phenoxy) is 2. The summed E-state index contributed by atoms with van der Waals surface area (Å²) in [5.74, 6) is -3.69. The molecule has 0 bridgehead atoms. The SMILES string of the molecule is CCCCCCCCCCCCCCCC(=O)N[C@@H](CS[C@](C)(COC(=O)CCCCCCCCCCCCCCC)OC(=O)CCCCCCCCCCCCCCC)C(=O)NC(C)C(=O)NCC(=O)O. The average molecular weight is 1040 g/mol. The van der Waals surface area contributed by atoms with Gasteiger partial charge in [-0.1, -0.05) is 252 Å². The van der Waals surface area contributed by atoms with Crippen LogP contribution in [0.5, 0.6) is 0 Å². The van der Waals surface area contributed by atoms with Crippen LogP contribution in [0.2, 0.25) is 0 Å². The zero-order valence-corrected chi connectivity index (χ0v) is 47.9. The third-order valence-corrected chi connectivity index (χ3v) is 15.0. The highest BCUT2D eigenvalue weighted by Gasteiger charge is 2.35. The van der Waals surface area contributed by atoms with E-state index in [1.807, 2.05) is 0 Å². The van der Waals surface area contributed by atoms with Crippen LogP contribution in [0.4, 0.5) is 0 Å². The number of esters is 2. The van der Waals surface area contributed by atoms with Crippen LogP contribution in [0.3, 0.4) is 0 Å². The molecule has 12 nitrogen and oxygen atoms in total. The number of amides is 3. The number of carboxylic acid groups (broad SMARTS) is 1. The zero-order valence-electron chi connectivity index (χ0n) is 47.1. The molecule has 3 atom stereocenters. The minimum Gasteiger partial charge on any atom is -0.480 e. The molecule has 0 aromatic carbocycles. The van der Waals surface area contributed by atoms with Gasteiger partial charge >= 0.3 is 17.9 Å². The van der Waals surface area contributed by atoms with Gasteiger partial charge in [-0.15, -0.1) is 11.8 Å². The Morgan fingerprint density at radius 1 is 0.458 bits per heavy atom. The lowest BCUT2D eigenvalue weighted by Crippen LogP contribution is -2.54. The minimum atomic E-state index is -1.36. The maximum atomic E-state index is 13.7. The molecule has 13 heteroatoms. The first-order valence-corrected chi connectivity index (χ1v) is 31.0. The van der Waals surface area contributed by atoms with Gasteiger partial charge in [0.1, 0.15) is 25.2 Å². The Hall–Kier alpha value is -2.83. The largest absolute Gasteiger partial charge is 0.480 e. The van der Waals surface area contributed by atoms with Crippen molar-refractivity contribution in [2.45, 2.75) is 321 Å². The highest BCUT2D eigenvalue weighted by molar-refractivity contribution is 8.00. The number of carbonyl (C=O) groups is 6. The van der Waals surface area contributed by atoms with E-state index in [1.165, 1.54) is 180 Å². The van der Waals surface area contributed by atoms with Gasteiger partial charge in [0.2, 0.25) is 17.7 Å². The number of unbranched alkanes of at least 4 members (excludes halogenated alkanes) is 36. The fraction of sp³-hybridized carbons (Fsp3) is 0.898. The first kappa shape index (κ1) is 69.2. The summed E-state index contributed by atoms with van der Waals surface area (Å²) in [4.78, 5) is 75.9. The predicted molar refractivity (Wildman–Crippen MR) is 299 cm³/mol. The highest BCUT2D eigenvalue weighted by Crippen LogP contribution is 2.30. The third-order valence-electron chi connectivity index (χ3n) is 13.7. The zero-order chi connectivity index (χ0) is 53.2. The summed E-state index contributed by atoms with van der Waals surface area (Å²) >= 11 is 1.11. The Morgan fingerprint density at radius 3 is 1.15 bits per heavy atom. The summed E-state index contributed by atoms with van der Waals surface area (Å²) in [6.07, 6.45) is 47.1. The van der Waals surface area contributed by atoms with E-state index in [2.05, 4.69) is 36.7 Å². The van der Waals surface area contributed by atoms with Gasteiger partial charge in [-0.25, -0.2) is 0 Å². The molecule has 0 rings (SSSR count). The molecule has 0 saturated carbocycles. The smallest absolute Gasteiger partial charge is 0.322 e. The molecule has 0 radical (unpaired) electrons. The first-order chi connectivity index (χ1) is 34.9. The fourth-order valence-corrected chi connectivity index (χ4v) is 10.0. The second-order valence-corrected chi connectivity index (χ2v) is 22.5. The predicted octanol–water partition coefficient (Wildman–Crippen LogP) is 15.2. The summed E-state index contributed by atoms with van der Waals surface area (Å²) < 4.78 is 11.8. The maximum Gasteiger partial charge on any atom is 0.322 e. The first-order valence-electron chi connectivity index (χ1n) is 30.0. The van der Waals surface area contributed by atoms with Crippen LogP contribution in [0.15, 0.2) is 0 Å². The molecular formula is C59H111N3O9S. The van der Waals surface area contributed by atoms with Gasteiger partial charge in [0.15, 0.2) is 4.93 Å². The van der Waals surface area contributed by atoms with Crippen molar-refractivity contribution in [1.82, 2.24) is 16.0 Å². The lowest BCUT2D eigenvalue weighted by molar-refractivity contribution is -0.161. The van der Waals surface area contributed by atoms with Crippen molar-refractivity contribution in [2.75, 3.05) is 18.9 Å². The van der Waals surface area contributed by atoms with Crippen molar-refractivity contribution in [2.24, 2.45) is 0 Å². The molecule has 0 aliphatic heterocycles. The Morgan fingerprint density at radius 2 is 0.792 bits per heavy atom. The molecular weight excluding hydrogens is 927 g/mol. The van der Waals surface area contributed by atoms with E-state index >= 15 is 0 Å². The van der Waals surface area contributed by atoms with Crippen molar-refractivity contribution < 1.29 is 43.3 Å². The maximum absolute atomic E-state index is 13.7. The molecule has 422 valence electrons. The molecule has 0 aromatic heterocycles. The quantitative estimate of drug-likeness (QED) is 0.0260. The highest BCUT2D eigenvalue weighted by atomic mass is 32.2. The normalized spacial score (nSPS) is 13.0. The number of thioether (sulfide) groups is 1. The van der Waals surface area contributed by atoms with E-state index in [1.54, 1.807) is 6.92 Å². The number of carboxylic acids is 1. The van der Waals surface area contributed by atoms with Crippen LogP contribution < -0.4 is 16.0 Å². The molecule has 0 aromatic rings. The molecule has 0 fully saturated rings. The van der Waals surface area contributed by atoms with Gasteiger partial charge in [0.25, 0.3) is 0 Å². The van der Waals surface area contributed by atoms with Gasteiger partial charge in [-0.05, 0) is 33.1 Å². The van der Waals surface area contributed by atoms with Crippen LogP contribution in [-0.4, -0.2) is 76.7 Å². The summed E-state index contributed by atoms with van der Waals surface area (Å²) in [6, 6.07) is -2.21. The molecule has 72 heavy (non-hydrogen) atoms. The van der Waals surface area contributed by atoms with Crippen molar-refractivity contribution in [3.8, 4) is 0 Å². The van der Waals surface area contributed by atoms with Crippen LogP contribution in [-0.2, 0) is 38.2 Å². The average Bonchev–Trinajstić information content (AvgIpc) is 3.35. The van der Waals surface area contributed by atoms with Crippen molar-refractivity contribution in [1.29, 1.82) is 0 Å². The summed E-state index contributed by atoms with van der Waals surface area (Å²) in [7, 11) is 0. The van der Waals surface area contributed by atoms with Crippen LogP contribution in [0.25, 0.3) is 0 Å². The molecule has 0 aliphatic rings. The van der Waals surface area contributed by atoms with Crippen molar-refractivity contribution >= 4 is 47.4 Å². The van der Waals surface area contributed by atoms with Gasteiger partial charge in [0, 0.05) is 25.0 Å². The molecule has 1 unspecified atom stereocenters. The van der Waals surface area contributed by atoms with Gasteiger partial charge in [-0.3, -0.25) is 28.8 Å². The van der Waals surface area contributed by atoms with Crippen LogP contribution in [0, 0.1) is 0 Å². The lowest BCUT2D eigenvalue weighted by atomic mass is 10.0. The molecule has 0 heterocycles. The second kappa shape index (κ2) is 50.3. The van der Waals surface area contributed by atoms with Crippen LogP contribution >= 0.6 is 11.8 Å². The number of rotatable bonds is 54. The Balaban J connectivity index is 5.45. The monoisotopic (exact) mass is 1040 g/mol. The van der Waals surface area contributed by atoms with Crippen LogP contribution in [0.1, 0.15) is 304 Å². The van der Waals surface area contributed by atoms with E-state index in [9.17, 15) is 28.8 Å². The molecule has 0 saturated heterocycles. The Labute approximate surface area is 445 Å². The summed E-state index contributed by atoms with van der Waals surface area (Å²) in [5, 5.41) is 16.8. The summed E-state index contributed by atoms with van der Waals surface area (Å²) in [6.45, 7) is 9.01. The number of hydrogen-bond acceptors (Lipinski definition) is 9. The molecule has 0 aliphatic carbocycles. The van der Waals surface area contributed by atoms with E-state index in [4.69, 9.17) is 14.6 Å². The standard InChI is InChI=1S/C59H111N3O9S/c1-6-9-12-15-18-21-24-27-30-33-36-39-42-45-53(63)62-52(58(69)61-51(4)57(68)60-48-54(64)65)49-72-59(5,71-56(67)47-44-41-38-35-32-29-26-23-20-17-14-11-8-3)50-70-55(66)46-43-40-37-34-31-28-25-22-19-16-13-10-7-2/h51-52H,6-50H2,1-5H3,(H,60,68)(H,61,69)(H,62,63)(H,64,65)/t51?,52-,59+/m0/s1. The van der Waals surface area contributed by atoms with E-state index in [0.717, 1.165) is 69.5 Å². The van der Waals surface area contributed by atoms with E-state index in [-0.39, 0.29) is 43.5 Å². The topological polar surface area (TPSA) is 177 Å². The van der Waals surface area contributed by atoms with E-state index < -0.39 is 47.3 Å². The molecule has 4 N–H and O–H groups in total. The minimum absolute atomic E-state index is 0.0431. The second-order valence-electron chi connectivity index (χ2n) is 21.0. The van der Waals surface area contributed by atoms with Gasteiger partial charge < -0.3 is 30.5 Å². The molecule has 0 spiro atoms. The lowest BCUT2D eigenvalue weighted by Gasteiger charge is -2.30. The van der Waals surface area contributed by atoms with Crippen molar-refractivity contribution in [3.05, 3.63) is 0 Å². The number of aliphatic carboxylic acids is 1. The summed E-state index contributed by atoms with van der Waals surface area (Å²) in [5.41, 5.74) is 0. The Kier molecular flexibility index (Phi) is 48.4. The third kappa shape index (κ3) is 45.8. The fourth-order valence-electron chi connectivity index (χ4n) is 8.96. The molecule has 3 amide bonds. The number of carbonyl (C=O) groups excluding carboxylic acids is 5. The van der Waals surface area contributed by atoms with Gasteiger partial charge in [0.05, 0.1) is 0 Å². The number of hydrogen-bond donors (Lipinski definition) is 4. The van der Waals surface area contributed by atoms with Gasteiger partial charge in [-0.2, -0.15) is 0 Å². The van der Waals surface area contributed by atoms with Crippen molar-refractivity contribution in [3.63, 3.8) is 0 Å². The number of nitrogens with one attached hydrogen (secondary N) is 3. The van der Waals surface area contributed by atoms with E-state index in [0.29, 0.717) is 19.3 Å². The Bertz CT molecular complexity index is 1350.